The third-order valence-corrected chi connectivity index (χ3v) is 12.6. The van der Waals surface area contributed by atoms with Gasteiger partial charge in [-0.05, 0) is 125 Å². The maximum absolute atomic E-state index is 15.1. The van der Waals surface area contributed by atoms with E-state index in [1.807, 2.05) is 19.1 Å². The van der Waals surface area contributed by atoms with Crippen LogP contribution in [-0.2, 0) is 19.8 Å². The number of amides is 3. The Morgan fingerprint density at radius 2 is 1.78 bits per heavy atom. The number of aromatic nitrogens is 2. The number of hydrogen-bond acceptors (Lipinski definition) is 10. The second-order valence-electron chi connectivity index (χ2n) is 15.2. The monoisotopic (exact) mass is 713 g/mol. The van der Waals surface area contributed by atoms with Gasteiger partial charge in [-0.3, -0.25) is 24.4 Å². The molecule has 0 bridgehead atoms. The number of carbonyl (C=O) groups is 3. The summed E-state index contributed by atoms with van der Waals surface area (Å²) >= 11 is 1.62. The van der Waals surface area contributed by atoms with Crippen LogP contribution in [-0.4, -0.2) is 57.5 Å². The Balaban J connectivity index is 0.776. The molecule has 3 aromatic rings. The molecular weight excluding hydrogens is 670 g/mol. The van der Waals surface area contributed by atoms with Gasteiger partial charge < -0.3 is 20.6 Å². The standard InChI is InChI=1S/C38H44FN7O4S/c1-22-18-26(3-6-31(22)41-36-40-21-29-33(44-36)43-35(49)38(29)14-15-38)51-45-24-8-12-37(50,13-9-24)20-23-10-16-46(17-11-23)25-2-4-27(30(39)19-25)28-5-7-32(47)42-34(28)48/h2-4,6,18-19,21,23-24,28,45,50H,5,7-17,20H2,1H3,(H,42,47,48)(H2,40,41,43,44,49). The molecule has 2 saturated carbocycles. The fraction of sp³-hybridized carbons (Fsp3) is 0.500. The van der Waals surface area contributed by atoms with Crippen molar-refractivity contribution in [2.45, 2.75) is 105 Å². The first-order chi connectivity index (χ1) is 24.6. The molecule has 11 nitrogen and oxygen atoms in total. The van der Waals surface area contributed by atoms with E-state index < -0.39 is 28.7 Å². The molecule has 5 aliphatic rings. The van der Waals surface area contributed by atoms with Crippen LogP contribution in [0.15, 0.2) is 47.5 Å². The number of aryl methyl sites for hydroxylation is 1. The summed E-state index contributed by atoms with van der Waals surface area (Å²) in [7, 11) is 0. The van der Waals surface area contributed by atoms with Crippen molar-refractivity contribution in [3.8, 4) is 0 Å². The number of imide groups is 1. The number of fused-ring (bicyclic) bond motifs is 2. The Kier molecular flexibility index (Phi) is 9.00. The Morgan fingerprint density at radius 1 is 1.00 bits per heavy atom. The number of hydrogen-bond donors (Lipinski definition) is 5. The van der Waals surface area contributed by atoms with Crippen LogP contribution in [0.4, 0.5) is 27.5 Å². The van der Waals surface area contributed by atoms with Crippen LogP contribution in [0.25, 0.3) is 0 Å². The van der Waals surface area contributed by atoms with Gasteiger partial charge in [-0.1, -0.05) is 6.07 Å². The summed E-state index contributed by atoms with van der Waals surface area (Å²) < 4.78 is 18.7. The highest BCUT2D eigenvalue weighted by atomic mass is 32.2. The number of piperidine rings is 2. The van der Waals surface area contributed by atoms with Gasteiger partial charge in [0.15, 0.2) is 0 Å². The fourth-order valence-electron chi connectivity index (χ4n) is 8.37. The summed E-state index contributed by atoms with van der Waals surface area (Å²) in [6.45, 7) is 3.64. The number of rotatable bonds is 9. The third-order valence-electron chi connectivity index (χ3n) is 11.7. The lowest BCUT2D eigenvalue weighted by molar-refractivity contribution is -0.134. The van der Waals surface area contributed by atoms with Crippen molar-refractivity contribution in [1.82, 2.24) is 20.0 Å². The molecule has 4 fully saturated rings. The predicted molar refractivity (Wildman–Crippen MR) is 193 cm³/mol. The molecule has 1 aromatic heterocycles. The molecule has 2 saturated heterocycles. The zero-order valence-electron chi connectivity index (χ0n) is 28.8. The van der Waals surface area contributed by atoms with E-state index in [-0.39, 0.29) is 18.2 Å². The average molecular weight is 714 g/mol. The number of aliphatic hydroxyl groups is 1. The molecule has 13 heteroatoms. The van der Waals surface area contributed by atoms with E-state index in [9.17, 15) is 19.5 Å². The Bertz CT molecular complexity index is 1870. The smallest absolute Gasteiger partial charge is 0.236 e. The molecule has 1 unspecified atom stereocenters. The van der Waals surface area contributed by atoms with Crippen molar-refractivity contribution < 1.29 is 23.9 Å². The summed E-state index contributed by atoms with van der Waals surface area (Å²) in [5.74, 6) is -0.252. The maximum atomic E-state index is 15.1. The largest absolute Gasteiger partial charge is 0.390 e. The van der Waals surface area contributed by atoms with Crippen molar-refractivity contribution in [3.63, 3.8) is 0 Å². The Labute approximate surface area is 301 Å². The first-order valence-corrected chi connectivity index (χ1v) is 19.0. The topological polar surface area (TPSA) is 149 Å². The summed E-state index contributed by atoms with van der Waals surface area (Å²) in [4.78, 5) is 48.4. The minimum atomic E-state index is -0.656. The van der Waals surface area contributed by atoms with E-state index in [1.54, 1.807) is 24.2 Å². The van der Waals surface area contributed by atoms with Gasteiger partial charge in [0.2, 0.25) is 23.7 Å². The SMILES string of the molecule is Cc1cc(SNC2CCC(O)(CC3CCN(c4ccc(C5CCC(=O)NC5=O)c(F)c4)CC3)CC2)ccc1Nc1ncc2c(n1)NC(=O)C21CC1. The Morgan fingerprint density at radius 3 is 2.49 bits per heavy atom. The van der Waals surface area contributed by atoms with Crippen molar-refractivity contribution in [2.75, 3.05) is 28.6 Å². The highest BCUT2D eigenvalue weighted by molar-refractivity contribution is 7.97. The van der Waals surface area contributed by atoms with E-state index in [0.29, 0.717) is 35.7 Å². The molecule has 51 heavy (non-hydrogen) atoms. The zero-order chi connectivity index (χ0) is 35.3. The molecule has 2 aromatic carbocycles. The first-order valence-electron chi connectivity index (χ1n) is 18.2. The molecule has 3 amide bonds. The van der Waals surface area contributed by atoms with Gasteiger partial charge in [0.25, 0.3) is 0 Å². The minimum Gasteiger partial charge on any atom is -0.390 e. The number of carbonyl (C=O) groups excluding carboxylic acids is 3. The highest BCUT2D eigenvalue weighted by Crippen LogP contribution is 2.54. The van der Waals surface area contributed by atoms with Crippen molar-refractivity contribution >= 4 is 52.8 Å². The normalized spacial score (nSPS) is 25.8. The van der Waals surface area contributed by atoms with Crippen LogP contribution >= 0.6 is 11.9 Å². The summed E-state index contributed by atoms with van der Waals surface area (Å²) in [5, 5.41) is 20.1. The van der Waals surface area contributed by atoms with Crippen LogP contribution in [0.3, 0.4) is 0 Å². The summed E-state index contributed by atoms with van der Waals surface area (Å²) in [6.07, 6.45) is 10.1. The first kappa shape index (κ1) is 34.0. The van der Waals surface area contributed by atoms with Crippen LogP contribution in [0.2, 0.25) is 0 Å². The molecule has 1 atom stereocenters. The molecular formula is C38H44FN7O4S. The second kappa shape index (κ2) is 13.5. The quantitative estimate of drug-likeness (QED) is 0.137. The van der Waals surface area contributed by atoms with E-state index in [1.165, 1.54) is 6.07 Å². The van der Waals surface area contributed by atoms with Gasteiger partial charge in [-0.2, -0.15) is 4.98 Å². The average Bonchev–Trinajstić information content (AvgIpc) is 3.87. The van der Waals surface area contributed by atoms with Gasteiger partial charge in [0.05, 0.1) is 16.9 Å². The summed E-state index contributed by atoms with van der Waals surface area (Å²) in [6, 6.07) is 11.6. The molecule has 3 aliphatic heterocycles. The van der Waals surface area contributed by atoms with Crippen LogP contribution < -0.4 is 25.6 Å². The lowest BCUT2D eigenvalue weighted by atomic mass is 9.75. The number of nitrogens with one attached hydrogen (secondary N) is 4. The third kappa shape index (κ3) is 6.95. The maximum Gasteiger partial charge on any atom is 0.236 e. The Hall–Kier alpha value is -4.07. The molecule has 2 aliphatic carbocycles. The molecule has 1 spiro atoms. The van der Waals surface area contributed by atoms with Crippen LogP contribution in [0, 0.1) is 18.7 Å². The molecule has 0 radical (unpaired) electrons. The lowest BCUT2D eigenvalue weighted by Gasteiger charge is -2.41. The van der Waals surface area contributed by atoms with Gasteiger partial charge >= 0.3 is 0 Å². The van der Waals surface area contributed by atoms with E-state index in [4.69, 9.17) is 0 Å². The molecule has 268 valence electrons. The fourth-order valence-corrected chi connectivity index (χ4v) is 9.28. The second-order valence-corrected chi connectivity index (χ2v) is 16.1. The predicted octanol–water partition coefficient (Wildman–Crippen LogP) is 5.75. The zero-order valence-corrected chi connectivity index (χ0v) is 29.6. The molecule has 4 heterocycles. The molecule has 8 rings (SSSR count). The van der Waals surface area contributed by atoms with E-state index in [0.717, 1.165) is 98.3 Å². The van der Waals surface area contributed by atoms with Gasteiger partial charge in [-0.15, -0.1) is 0 Å². The molecule has 5 N–H and O–H groups in total. The van der Waals surface area contributed by atoms with Crippen molar-refractivity contribution in [3.05, 3.63) is 65.1 Å². The minimum absolute atomic E-state index is 0.0304. The number of halogens is 1. The van der Waals surface area contributed by atoms with Gasteiger partial charge in [0, 0.05) is 59.1 Å². The van der Waals surface area contributed by atoms with Crippen molar-refractivity contribution in [1.29, 1.82) is 0 Å². The van der Waals surface area contributed by atoms with Crippen LogP contribution in [0.1, 0.15) is 93.2 Å². The van der Waals surface area contributed by atoms with E-state index in [2.05, 4.69) is 47.7 Å². The number of anilines is 4. The van der Waals surface area contributed by atoms with E-state index >= 15 is 4.39 Å². The van der Waals surface area contributed by atoms with Gasteiger partial charge in [0.1, 0.15) is 11.6 Å². The summed E-state index contributed by atoms with van der Waals surface area (Å²) in [5.41, 5.74) is 2.98. The highest BCUT2D eigenvalue weighted by Gasteiger charge is 2.57. The van der Waals surface area contributed by atoms with Crippen LogP contribution in [0.5, 0.6) is 0 Å². The van der Waals surface area contributed by atoms with Gasteiger partial charge in [-0.25, -0.2) is 9.37 Å². The number of nitrogens with zero attached hydrogens (tertiary/aromatic N) is 3. The number of benzene rings is 2. The lowest BCUT2D eigenvalue weighted by Crippen LogP contribution is -2.43. The van der Waals surface area contributed by atoms with Crippen molar-refractivity contribution in [2.24, 2.45) is 5.92 Å².